The quantitative estimate of drug-likeness (QED) is 0.374. The van der Waals surface area contributed by atoms with E-state index >= 15 is 0 Å². The van der Waals surface area contributed by atoms with E-state index in [1.54, 1.807) is 0 Å². The fraction of sp³-hybridized carbons (Fsp3) is 0. The molecule has 2 N–H and O–H groups in total. The van der Waals surface area contributed by atoms with E-state index in [0.29, 0.717) is 0 Å². The first-order valence-corrected chi connectivity index (χ1v) is 8.66. The first kappa shape index (κ1) is 14.8. The maximum atomic E-state index is 6.15. The number of nitrogens with two attached hydrogens (primary N) is 1. The molecule has 1 aromatic heterocycles. The summed E-state index contributed by atoms with van der Waals surface area (Å²) in [6, 6.07) is 31.0. The van der Waals surface area contributed by atoms with E-state index in [9.17, 15) is 0 Å². The van der Waals surface area contributed by atoms with Gasteiger partial charge in [-0.15, -0.1) is 0 Å². The number of hydrogen-bond donors (Lipinski definition) is 1. The summed E-state index contributed by atoms with van der Waals surface area (Å²) in [4.78, 5) is 0. The highest BCUT2D eigenvalue weighted by Gasteiger charge is 2.09. The molecule has 0 radical (unpaired) electrons. The van der Waals surface area contributed by atoms with Crippen molar-refractivity contribution < 1.29 is 4.42 Å². The second-order valence-corrected chi connectivity index (χ2v) is 6.48. The summed E-state index contributed by atoms with van der Waals surface area (Å²) in [5, 5.41) is 2.29. The van der Waals surface area contributed by atoms with Gasteiger partial charge in [0, 0.05) is 22.0 Å². The zero-order valence-corrected chi connectivity index (χ0v) is 14.1. The van der Waals surface area contributed by atoms with E-state index in [0.717, 1.165) is 44.3 Å². The van der Waals surface area contributed by atoms with Crippen LogP contribution in [-0.4, -0.2) is 0 Å². The molecule has 0 aliphatic carbocycles. The maximum absolute atomic E-state index is 6.15. The molecule has 2 heteroatoms. The second-order valence-electron chi connectivity index (χ2n) is 6.48. The number of benzene rings is 4. The molecule has 0 spiro atoms. The molecule has 0 atom stereocenters. The highest BCUT2D eigenvalue weighted by atomic mass is 16.3. The largest absolute Gasteiger partial charge is 0.456 e. The lowest BCUT2D eigenvalue weighted by molar-refractivity contribution is 0.669. The number of nitrogen functional groups attached to an aromatic ring is 1. The van der Waals surface area contributed by atoms with Crippen molar-refractivity contribution in [3.05, 3.63) is 91.0 Å². The van der Waals surface area contributed by atoms with Gasteiger partial charge in [-0.1, -0.05) is 60.7 Å². The van der Waals surface area contributed by atoms with Crippen LogP contribution in [0.4, 0.5) is 5.69 Å². The van der Waals surface area contributed by atoms with Crippen molar-refractivity contribution >= 4 is 27.6 Å². The molecule has 0 saturated carbocycles. The summed E-state index contributed by atoms with van der Waals surface area (Å²) < 4.78 is 5.94. The number of rotatable bonds is 2. The fourth-order valence-electron chi connectivity index (χ4n) is 3.53. The van der Waals surface area contributed by atoms with E-state index in [1.165, 1.54) is 5.56 Å². The van der Waals surface area contributed by atoms with E-state index in [-0.39, 0.29) is 0 Å². The Morgan fingerprint density at radius 1 is 0.538 bits per heavy atom. The van der Waals surface area contributed by atoms with Crippen LogP contribution >= 0.6 is 0 Å². The minimum absolute atomic E-state index is 0.793. The molecule has 0 saturated heterocycles. The van der Waals surface area contributed by atoms with Crippen molar-refractivity contribution in [3.8, 4) is 22.3 Å². The summed E-state index contributed by atoms with van der Waals surface area (Å²) >= 11 is 0. The van der Waals surface area contributed by atoms with E-state index in [4.69, 9.17) is 10.2 Å². The standard InChI is InChI=1S/C24H17NO/c25-22-10-3-1-8-19(22)18-7-5-6-16(14-18)17-12-13-24-21(15-17)20-9-2-4-11-23(20)26-24/h1-15H,25H2. The van der Waals surface area contributed by atoms with Gasteiger partial charge in [-0.2, -0.15) is 0 Å². The first-order valence-electron chi connectivity index (χ1n) is 8.66. The van der Waals surface area contributed by atoms with Gasteiger partial charge in [-0.05, 0) is 47.0 Å². The molecular weight excluding hydrogens is 318 g/mol. The van der Waals surface area contributed by atoms with Crippen LogP contribution in [0, 0.1) is 0 Å². The summed E-state index contributed by atoms with van der Waals surface area (Å²) in [6.45, 7) is 0. The number of para-hydroxylation sites is 2. The topological polar surface area (TPSA) is 39.2 Å². The van der Waals surface area contributed by atoms with Gasteiger partial charge >= 0.3 is 0 Å². The van der Waals surface area contributed by atoms with E-state index in [2.05, 4.69) is 48.5 Å². The van der Waals surface area contributed by atoms with Crippen molar-refractivity contribution in [2.75, 3.05) is 5.73 Å². The minimum Gasteiger partial charge on any atom is -0.456 e. The van der Waals surface area contributed by atoms with Gasteiger partial charge in [-0.3, -0.25) is 0 Å². The third kappa shape index (κ3) is 2.35. The van der Waals surface area contributed by atoms with Crippen LogP contribution in [0.3, 0.4) is 0 Å². The van der Waals surface area contributed by atoms with Crippen LogP contribution in [0.25, 0.3) is 44.2 Å². The second kappa shape index (κ2) is 5.78. The summed E-state index contributed by atoms with van der Waals surface area (Å²) in [5.74, 6) is 0. The van der Waals surface area contributed by atoms with Crippen LogP contribution in [0.5, 0.6) is 0 Å². The van der Waals surface area contributed by atoms with Crippen LogP contribution < -0.4 is 5.73 Å². The molecule has 5 aromatic rings. The van der Waals surface area contributed by atoms with Crippen molar-refractivity contribution in [2.45, 2.75) is 0 Å². The minimum atomic E-state index is 0.793. The smallest absolute Gasteiger partial charge is 0.135 e. The normalized spacial score (nSPS) is 11.2. The van der Waals surface area contributed by atoms with E-state index in [1.807, 2.05) is 42.5 Å². The van der Waals surface area contributed by atoms with Crippen molar-refractivity contribution in [2.24, 2.45) is 0 Å². The Balaban J connectivity index is 1.67. The Morgan fingerprint density at radius 3 is 2.19 bits per heavy atom. The molecule has 0 amide bonds. The van der Waals surface area contributed by atoms with Crippen molar-refractivity contribution in [3.63, 3.8) is 0 Å². The van der Waals surface area contributed by atoms with Crippen molar-refractivity contribution in [1.82, 2.24) is 0 Å². The molecule has 0 aliphatic rings. The predicted molar refractivity (Wildman–Crippen MR) is 109 cm³/mol. The summed E-state index contributed by atoms with van der Waals surface area (Å²) in [7, 11) is 0. The van der Waals surface area contributed by atoms with Gasteiger partial charge in [0.25, 0.3) is 0 Å². The van der Waals surface area contributed by atoms with Crippen molar-refractivity contribution in [1.29, 1.82) is 0 Å². The van der Waals surface area contributed by atoms with Gasteiger partial charge in [0.2, 0.25) is 0 Å². The maximum Gasteiger partial charge on any atom is 0.135 e. The van der Waals surface area contributed by atoms with Gasteiger partial charge in [-0.25, -0.2) is 0 Å². The molecular formula is C24H17NO. The summed E-state index contributed by atoms with van der Waals surface area (Å²) in [6.07, 6.45) is 0. The van der Waals surface area contributed by atoms with Gasteiger partial charge in [0.1, 0.15) is 11.2 Å². The predicted octanol–water partition coefficient (Wildman–Crippen LogP) is 6.50. The SMILES string of the molecule is Nc1ccccc1-c1cccc(-c2ccc3oc4ccccc4c3c2)c1. The fourth-order valence-corrected chi connectivity index (χ4v) is 3.53. The Hall–Kier alpha value is -3.52. The molecule has 0 aliphatic heterocycles. The molecule has 1 heterocycles. The molecule has 0 bridgehead atoms. The molecule has 0 fully saturated rings. The van der Waals surface area contributed by atoms with E-state index < -0.39 is 0 Å². The zero-order valence-electron chi connectivity index (χ0n) is 14.1. The van der Waals surface area contributed by atoms with Crippen LogP contribution in [0.15, 0.2) is 95.4 Å². The zero-order chi connectivity index (χ0) is 17.5. The molecule has 4 aromatic carbocycles. The third-order valence-electron chi connectivity index (χ3n) is 4.84. The van der Waals surface area contributed by atoms with Gasteiger partial charge in [0.05, 0.1) is 0 Å². The number of furan rings is 1. The number of fused-ring (bicyclic) bond motifs is 3. The van der Waals surface area contributed by atoms with Crippen LogP contribution in [0.1, 0.15) is 0 Å². The van der Waals surface area contributed by atoms with Gasteiger partial charge < -0.3 is 10.2 Å². The summed E-state index contributed by atoms with van der Waals surface area (Å²) in [5.41, 5.74) is 13.3. The van der Waals surface area contributed by atoms with Crippen LogP contribution in [-0.2, 0) is 0 Å². The number of anilines is 1. The monoisotopic (exact) mass is 335 g/mol. The molecule has 0 unspecified atom stereocenters. The molecule has 2 nitrogen and oxygen atoms in total. The molecule has 124 valence electrons. The lowest BCUT2D eigenvalue weighted by Gasteiger charge is -2.08. The third-order valence-corrected chi connectivity index (χ3v) is 4.84. The molecule has 26 heavy (non-hydrogen) atoms. The highest BCUT2D eigenvalue weighted by Crippen LogP contribution is 2.34. The lowest BCUT2D eigenvalue weighted by Crippen LogP contribution is -1.89. The Morgan fingerprint density at radius 2 is 1.27 bits per heavy atom. The average molecular weight is 335 g/mol. The molecule has 5 rings (SSSR count). The van der Waals surface area contributed by atoms with Crippen LogP contribution in [0.2, 0.25) is 0 Å². The highest BCUT2D eigenvalue weighted by molar-refractivity contribution is 6.06. The number of hydrogen-bond acceptors (Lipinski definition) is 2. The lowest BCUT2D eigenvalue weighted by atomic mass is 9.97. The Kier molecular flexibility index (Phi) is 3.29. The Labute approximate surface area is 151 Å². The first-order chi connectivity index (χ1) is 12.8. The van der Waals surface area contributed by atoms with Gasteiger partial charge in [0.15, 0.2) is 0 Å². The average Bonchev–Trinajstić information content (AvgIpc) is 3.06. The Bertz CT molecular complexity index is 1250.